The number of aliphatic hydroxyl groups excluding tert-OH is 1. The molecule has 3 heteroatoms. The predicted octanol–water partition coefficient (Wildman–Crippen LogP) is 2.29. The van der Waals surface area contributed by atoms with Gasteiger partial charge in [-0.3, -0.25) is 0 Å². The van der Waals surface area contributed by atoms with Crippen LogP contribution in [0.2, 0.25) is 10.0 Å². The Morgan fingerprint density at radius 3 is 2.60 bits per heavy atom. The average Bonchev–Trinajstić information content (AvgIpc) is 1.85. The van der Waals surface area contributed by atoms with Gasteiger partial charge < -0.3 is 5.11 Å². The molecule has 0 heterocycles. The van der Waals surface area contributed by atoms with E-state index in [0.29, 0.717) is 15.6 Å². The molecular weight excluding hydrogens is 171 g/mol. The van der Waals surface area contributed by atoms with Crippen molar-refractivity contribution < 1.29 is 5.11 Å². The van der Waals surface area contributed by atoms with Crippen LogP contribution in [0, 0.1) is 6.07 Å². The van der Waals surface area contributed by atoms with Crippen LogP contribution in [0.15, 0.2) is 12.1 Å². The third-order valence-electron chi connectivity index (χ3n) is 1.03. The highest BCUT2D eigenvalue weighted by Gasteiger charge is 1.95. The Morgan fingerprint density at radius 1 is 1.40 bits per heavy atom. The monoisotopic (exact) mass is 175 g/mol. The first-order chi connectivity index (χ1) is 4.72. The SMILES string of the molecule is OCc1[c]c(Cl)cc(Cl)c1. The van der Waals surface area contributed by atoms with Crippen LogP contribution >= 0.6 is 23.2 Å². The van der Waals surface area contributed by atoms with Crippen molar-refractivity contribution in [3.63, 3.8) is 0 Å². The third-order valence-corrected chi connectivity index (χ3v) is 1.45. The zero-order chi connectivity index (χ0) is 7.56. The largest absolute Gasteiger partial charge is 0.392 e. The summed E-state index contributed by atoms with van der Waals surface area (Å²) in [6.45, 7) is -0.0831. The smallest absolute Gasteiger partial charge is 0.0688 e. The minimum Gasteiger partial charge on any atom is -0.392 e. The zero-order valence-corrected chi connectivity index (χ0v) is 6.58. The fourth-order valence-corrected chi connectivity index (χ4v) is 1.18. The standard InChI is InChI=1S/C7H5Cl2O/c8-6-1-5(4-10)2-7(9)3-6/h1,3,10H,4H2. The van der Waals surface area contributed by atoms with Gasteiger partial charge in [-0.15, -0.1) is 0 Å². The van der Waals surface area contributed by atoms with Crippen molar-refractivity contribution in [3.8, 4) is 0 Å². The van der Waals surface area contributed by atoms with Gasteiger partial charge in [0.2, 0.25) is 0 Å². The van der Waals surface area contributed by atoms with Crippen LogP contribution in [0.25, 0.3) is 0 Å². The summed E-state index contributed by atoms with van der Waals surface area (Å²) in [5.74, 6) is 0. The van der Waals surface area contributed by atoms with Crippen molar-refractivity contribution in [1.82, 2.24) is 0 Å². The highest BCUT2D eigenvalue weighted by Crippen LogP contribution is 2.17. The number of benzene rings is 1. The van der Waals surface area contributed by atoms with Gasteiger partial charge in [0, 0.05) is 11.1 Å². The summed E-state index contributed by atoms with van der Waals surface area (Å²) in [5.41, 5.74) is 0.609. The van der Waals surface area contributed by atoms with Gasteiger partial charge in [-0.1, -0.05) is 23.2 Å². The van der Waals surface area contributed by atoms with Crippen LogP contribution in [-0.2, 0) is 6.61 Å². The lowest BCUT2D eigenvalue weighted by Crippen LogP contribution is -1.82. The Bertz CT molecular complexity index is 215. The van der Waals surface area contributed by atoms with Crippen molar-refractivity contribution in [2.24, 2.45) is 0 Å². The first-order valence-electron chi connectivity index (χ1n) is 2.70. The second kappa shape index (κ2) is 3.24. The van der Waals surface area contributed by atoms with E-state index < -0.39 is 0 Å². The maximum Gasteiger partial charge on any atom is 0.0688 e. The predicted molar refractivity (Wildman–Crippen MR) is 41.2 cm³/mol. The summed E-state index contributed by atoms with van der Waals surface area (Å²) in [6.07, 6.45) is 0. The highest BCUT2D eigenvalue weighted by molar-refractivity contribution is 6.34. The van der Waals surface area contributed by atoms with Crippen molar-refractivity contribution in [3.05, 3.63) is 33.8 Å². The number of rotatable bonds is 1. The third kappa shape index (κ3) is 1.87. The van der Waals surface area contributed by atoms with Crippen LogP contribution in [0.3, 0.4) is 0 Å². The Morgan fingerprint density at radius 2 is 2.10 bits per heavy atom. The molecule has 0 amide bonds. The Balaban J connectivity index is 3.06. The number of aliphatic hydroxyl groups is 1. The van der Waals surface area contributed by atoms with Crippen LogP contribution in [0.5, 0.6) is 0 Å². The van der Waals surface area contributed by atoms with E-state index in [0.717, 1.165) is 0 Å². The molecule has 0 saturated heterocycles. The molecule has 53 valence electrons. The Hall–Kier alpha value is -0.240. The summed E-state index contributed by atoms with van der Waals surface area (Å²) in [7, 11) is 0. The molecular formula is C7H5Cl2O. The molecule has 1 rings (SSSR count). The van der Waals surface area contributed by atoms with E-state index in [2.05, 4.69) is 6.07 Å². The lowest BCUT2D eigenvalue weighted by atomic mass is 10.2. The first kappa shape index (κ1) is 7.86. The van der Waals surface area contributed by atoms with Gasteiger partial charge in [0.05, 0.1) is 11.6 Å². The second-order valence-electron chi connectivity index (χ2n) is 1.83. The molecule has 1 N–H and O–H groups in total. The average molecular weight is 176 g/mol. The quantitative estimate of drug-likeness (QED) is 0.695. The molecule has 0 bridgehead atoms. The lowest BCUT2D eigenvalue weighted by Gasteiger charge is -1.96. The van der Waals surface area contributed by atoms with Crippen molar-refractivity contribution >= 4 is 23.2 Å². The van der Waals surface area contributed by atoms with Gasteiger partial charge in [-0.25, -0.2) is 0 Å². The number of halogens is 2. The van der Waals surface area contributed by atoms with Gasteiger partial charge in [0.1, 0.15) is 0 Å². The van der Waals surface area contributed by atoms with E-state index in [1.54, 1.807) is 12.1 Å². The minimum atomic E-state index is -0.0831. The highest BCUT2D eigenvalue weighted by atomic mass is 35.5. The molecule has 0 spiro atoms. The summed E-state index contributed by atoms with van der Waals surface area (Å²) in [6, 6.07) is 5.92. The molecule has 1 radical (unpaired) electrons. The van der Waals surface area contributed by atoms with E-state index in [1.807, 2.05) is 0 Å². The molecule has 1 aromatic rings. The summed E-state index contributed by atoms with van der Waals surface area (Å²) in [4.78, 5) is 0. The number of hydrogen-bond acceptors (Lipinski definition) is 1. The summed E-state index contributed by atoms with van der Waals surface area (Å²) < 4.78 is 0. The van der Waals surface area contributed by atoms with Crippen LogP contribution in [0.4, 0.5) is 0 Å². The van der Waals surface area contributed by atoms with Gasteiger partial charge in [0.25, 0.3) is 0 Å². The van der Waals surface area contributed by atoms with Crippen molar-refractivity contribution in [2.75, 3.05) is 0 Å². The van der Waals surface area contributed by atoms with Gasteiger partial charge in [-0.2, -0.15) is 0 Å². The molecule has 0 aromatic heterocycles. The van der Waals surface area contributed by atoms with Crippen LogP contribution in [-0.4, -0.2) is 5.11 Å². The summed E-state index contributed by atoms with van der Waals surface area (Å²) >= 11 is 11.2. The maximum absolute atomic E-state index is 8.64. The molecule has 0 fully saturated rings. The first-order valence-corrected chi connectivity index (χ1v) is 3.46. The topological polar surface area (TPSA) is 20.2 Å². The van der Waals surface area contributed by atoms with Crippen LogP contribution < -0.4 is 0 Å². The van der Waals surface area contributed by atoms with Crippen LogP contribution in [0.1, 0.15) is 5.56 Å². The van der Waals surface area contributed by atoms with Gasteiger partial charge in [0.15, 0.2) is 0 Å². The molecule has 0 atom stereocenters. The fraction of sp³-hybridized carbons (Fsp3) is 0.143. The summed E-state index contributed by atoms with van der Waals surface area (Å²) in [5, 5.41) is 9.59. The molecule has 0 saturated carbocycles. The molecule has 1 aromatic carbocycles. The molecule has 1 nitrogen and oxygen atoms in total. The number of hydrogen-bond donors (Lipinski definition) is 1. The molecule has 0 aliphatic carbocycles. The fourth-order valence-electron chi connectivity index (χ4n) is 0.640. The Labute approximate surface area is 69.2 Å². The zero-order valence-electron chi connectivity index (χ0n) is 5.06. The van der Waals surface area contributed by atoms with E-state index >= 15 is 0 Å². The Kier molecular flexibility index (Phi) is 2.55. The van der Waals surface area contributed by atoms with E-state index in [1.165, 1.54) is 0 Å². The van der Waals surface area contributed by atoms with E-state index in [4.69, 9.17) is 28.3 Å². The van der Waals surface area contributed by atoms with Crippen molar-refractivity contribution in [1.29, 1.82) is 0 Å². The van der Waals surface area contributed by atoms with Gasteiger partial charge in [-0.05, 0) is 17.7 Å². The lowest BCUT2D eigenvalue weighted by molar-refractivity contribution is 0.281. The van der Waals surface area contributed by atoms with E-state index in [-0.39, 0.29) is 6.61 Å². The molecule has 0 aliphatic rings. The van der Waals surface area contributed by atoms with Crippen molar-refractivity contribution in [2.45, 2.75) is 6.61 Å². The molecule has 0 aliphatic heterocycles. The normalized spacial score (nSPS) is 9.90. The molecule has 10 heavy (non-hydrogen) atoms. The minimum absolute atomic E-state index is 0.0831. The maximum atomic E-state index is 8.64. The van der Waals surface area contributed by atoms with Gasteiger partial charge >= 0.3 is 0 Å². The molecule has 0 unspecified atom stereocenters. The van der Waals surface area contributed by atoms with E-state index in [9.17, 15) is 0 Å². The second-order valence-corrected chi connectivity index (χ2v) is 2.67.